The highest BCUT2D eigenvalue weighted by Gasteiger charge is 2.10. The van der Waals surface area contributed by atoms with Gasteiger partial charge in [-0.15, -0.1) is 0 Å². The first kappa shape index (κ1) is 8.79. The van der Waals surface area contributed by atoms with Crippen molar-refractivity contribution in [3.63, 3.8) is 0 Å². The largest absolute Gasteiger partial charge is 0.320 e. The van der Waals surface area contributed by atoms with E-state index >= 15 is 0 Å². The first-order valence-corrected chi connectivity index (χ1v) is 4.20. The van der Waals surface area contributed by atoms with Crippen LogP contribution in [0.3, 0.4) is 0 Å². The Kier molecular flexibility index (Phi) is 2.49. The van der Waals surface area contributed by atoms with E-state index in [1.165, 1.54) is 0 Å². The maximum atomic E-state index is 8.83. The van der Waals surface area contributed by atoms with E-state index < -0.39 is 0 Å². The molecule has 0 aliphatic carbocycles. The Bertz CT molecular complexity index is 317. The number of hydrogen-bond acceptors (Lipinski definition) is 2. The molecular weight excluding hydrogens is 150 g/mol. The van der Waals surface area contributed by atoms with E-state index in [0.29, 0.717) is 5.69 Å². The summed E-state index contributed by atoms with van der Waals surface area (Å²) in [5.41, 5.74) is 1.55. The number of aryl methyl sites for hydroxylation is 2. The van der Waals surface area contributed by atoms with E-state index in [0.717, 1.165) is 24.5 Å². The fourth-order valence-electron chi connectivity index (χ4n) is 1.38. The van der Waals surface area contributed by atoms with Crippen LogP contribution in [0.5, 0.6) is 0 Å². The standard InChI is InChI=1S/C9H13N3/c1-4-9-11-7(3)8(6-10)12(9)5-2/h4-5H2,1-3H3. The van der Waals surface area contributed by atoms with Crippen LogP contribution in [0, 0.1) is 18.3 Å². The van der Waals surface area contributed by atoms with Crippen LogP contribution in [0.25, 0.3) is 0 Å². The van der Waals surface area contributed by atoms with Crippen LogP contribution in [-0.2, 0) is 13.0 Å². The van der Waals surface area contributed by atoms with E-state index in [1.54, 1.807) is 0 Å². The zero-order valence-electron chi connectivity index (χ0n) is 7.76. The van der Waals surface area contributed by atoms with Gasteiger partial charge < -0.3 is 4.57 Å². The molecule has 1 heterocycles. The molecule has 1 aromatic rings. The molecule has 0 fully saturated rings. The highest BCUT2D eigenvalue weighted by molar-refractivity contribution is 5.28. The van der Waals surface area contributed by atoms with Gasteiger partial charge in [0.25, 0.3) is 0 Å². The van der Waals surface area contributed by atoms with Crippen molar-refractivity contribution in [3.8, 4) is 6.07 Å². The minimum absolute atomic E-state index is 0.703. The van der Waals surface area contributed by atoms with E-state index in [1.807, 2.05) is 18.4 Å². The number of nitrogens with zero attached hydrogens (tertiary/aromatic N) is 3. The van der Waals surface area contributed by atoms with Gasteiger partial charge >= 0.3 is 0 Å². The number of hydrogen-bond donors (Lipinski definition) is 0. The summed E-state index contributed by atoms with van der Waals surface area (Å²) in [5, 5.41) is 8.83. The van der Waals surface area contributed by atoms with Gasteiger partial charge in [0.15, 0.2) is 0 Å². The Morgan fingerprint density at radius 1 is 1.50 bits per heavy atom. The number of imidazole rings is 1. The van der Waals surface area contributed by atoms with Crippen molar-refractivity contribution in [2.24, 2.45) is 0 Å². The molecule has 0 bridgehead atoms. The molecule has 0 N–H and O–H groups in total. The summed E-state index contributed by atoms with van der Waals surface area (Å²) in [6, 6.07) is 2.17. The lowest BCUT2D eigenvalue weighted by atomic mass is 10.3. The minimum atomic E-state index is 0.703. The highest BCUT2D eigenvalue weighted by atomic mass is 15.1. The lowest BCUT2D eigenvalue weighted by Gasteiger charge is -2.01. The smallest absolute Gasteiger partial charge is 0.143 e. The Morgan fingerprint density at radius 2 is 2.17 bits per heavy atom. The third-order valence-electron chi connectivity index (χ3n) is 1.96. The molecule has 3 nitrogen and oxygen atoms in total. The van der Waals surface area contributed by atoms with Gasteiger partial charge in [0.1, 0.15) is 17.6 Å². The highest BCUT2D eigenvalue weighted by Crippen LogP contribution is 2.10. The Hall–Kier alpha value is -1.30. The molecular formula is C9H13N3. The summed E-state index contributed by atoms with van der Waals surface area (Å²) < 4.78 is 1.97. The van der Waals surface area contributed by atoms with Crippen LogP contribution in [-0.4, -0.2) is 9.55 Å². The Morgan fingerprint density at radius 3 is 2.58 bits per heavy atom. The van der Waals surface area contributed by atoms with Gasteiger partial charge in [-0.05, 0) is 13.8 Å². The number of rotatable bonds is 2. The SMILES string of the molecule is CCc1nc(C)c(C#N)n1CC. The third kappa shape index (κ3) is 1.20. The molecule has 0 atom stereocenters. The molecule has 64 valence electrons. The quantitative estimate of drug-likeness (QED) is 0.665. The first-order chi connectivity index (χ1) is 5.74. The van der Waals surface area contributed by atoms with Crippen molar-refractivity contribution in [1.29, 1.82) is 5.26 Å². The predicted molar refractivity (Wildman–Crippen MR) is 46.7 cm³/mol. The second-order valence-electron chi connectivity index (χ2n) is 2.67. The van der Waals surface area contributed by atoms with Crippen LogP contribution in [0.15, 0.2) is 0 Å². The lowest BCUT2D eigenvalue weighted by molar-refractivity contribution is 0.697. The van der Waals surface area contributed by atoms with Gasteiger partial charge in [-0.1, -0.05) is 6.92 Å². The van der Waals surface area contributed by atoms with Crippen molar-refractivity contribution < 1.29 is 0 Å². The van der Waals surface area contributed by atoms with Crippen molar-refractivity contribution in [1.82, 2.24) is 9.55 Å². The third-order valence-corrected chi connectivity index (χ3v) is 1.96. The van der Waals surface area contributed by atoms with E-state index in [9.17, 15) is 0 Å². The summed E-state index contributed by atoms with van der Waals surface area (Å²) in [4.78, 5) is 4.31. The average Bonchev–Trinajstić information content (AvgIpc) is 2.40. The molecule has 0 aromatic carbocycles. The molecule has 0 saturated heterocycles. The normalized spacial score (nSPS) is 9.83. The molecule has 12 heavy (non-hydrogen) atoms. The van der Waals surface area contributed by atoms with Gasteiger partial charge in [-0.25, -0.2) is 4.98 Å². The second kappa shape index (κ2) is 3.40. The zero-order chi connectivity index (χ0) is 9.14. The summed E-state index contributed by atoms with van der Waals surface area (Å²) >= 11 is 0. The number of aromatic nitrogens is 2. The summed E-state index contributed by atoms with van der Waals surface area (Å²) in [6.07, 6.45) is 0.885. The van der Waals surface area contributed by atoms with E-state index in [-0.39, 0.29) is 0 Å². The molecule has 1 rings (SSSR count). The maximum Gasteiger partial charge on any atom is 0.143 e. The topological polar surface area (TPSA) is 41.6 Å². The van der Waals surface area contributed by atoms with Crippen LogP contribution < -0.4 is 0 Å². The predicted octanol–water partition coefficient (Wildman–Crippen LogP) is 1.65. The van der Waals surface area contributed by atoms with Crippen molar-refractivity contribution in [2.45, 2.75) is 33.7 Å². The molecule has 0 saturated carbocycles. The zero-order valence-corrected chi connectivity index (χ0v) is 7.76. The fourth-order valence-corrected chi connectivity index (χ4v) is 1.38. The molecule has 0 unspecified atom stereocenters. The van der Waals surface area contributed by atoms with Gasteiger partial charge in [-0.2, -0.15) is 5.26 Å². The molecule has 0 amide bonds. The Labute approximate surface area is 72.7 Å². The lowest BCUT2D eigenvalue weighted by Crippen LogP contribution is -2.02. The van der Waals surface area contributed by atoms with E-state index in [4.69, 9.17) is 5.26 Å². The van der Waals surface area contributed by atoms with Crippen LogP contribution in [0.4, 0.5) is 0 Å². The van der Waals surface area contributed by atoms with Gasteiger partial charge in [-0.3, -0.25) is 0 Å². The van der Waals surface area contributed by atoms with Crippen LogP contribution >= 0.6 is 0 Å². The van der Waals surface area contributed by atoms with E-state index in [2.05, 4.69) is 18.0 Å². The Balaban J connectivity index is 3.28. The summed E-state index contributed by atoms with van der Waals surface area (Å²) in [5.74, 6) is 1.01. The molecule has 0 spiro atoms. The maximum absolute atomic E-state index is 8.83. The number of nitriles is 1. The van der Waals surface area contributed by atoms with Gasteiger partial charge in [0.05, 0.1) is 5.69 Å². The van der Waals surface area contributed by atoms with Crippen molar-refractivity contribution in [2.75, 3.05) is 0 Å². The summed E-state index contributed by atoms with van der Waals surface area (Å²) in [7, 11) is 0. The fraction of sp³-hybridized carbons (Fsp3) is 0.556. The molecule has 0 radical (unpaired) electrons. The minimum Gasteiger partial charge on any atom is -0.320 e. The molecule has 0 aliphatic heterocycles. The van der Waals surface area contributed by atoms with Crippen molar-refractivity contribution in [3.05, 3.63) is 17.2 Å². The van der Waals surface area contributed by atoms with Crippen LogP contribution in [0.1, 0.15) is 31.1 Å². The monoisotopic (exact) mass is 163 g/mol. The first-order valence-electron chi connectivity index (χ1n) is 4.20. The van der Waals surface area contributed by atoms with Crippen LogP contribution in [0.2, 0.25) is 0 Å². The van der Waals surface area contributed by atoms with Crippen molar-refractivity contribution >= 4 is 0 Å². The second-order valence-corrected chi connectivity index (χ2v) is 2.67. The average molecular weight is 163 g/mol. The van der Waals surface area contributed by atoms with Gasteiger partial charge in [0, 0.05) is 13.0 Å². The van der Waals surface area contributed by atoms with Gasteiger partial charge in [0.2, 0.25) is 0 Å². The molecule has 3 heteroatoms. The summed E-state index contributed by atoms with van der Waals surface area (Å²) in [6.45, 7) is 6.78. The molecule has 1 aromatic heterocycles. The molecule has 0 aliphatic rings.